The Balaban J connectivity index is 3.00. The van der Waals surface area contributed by atoms with Crippen LogP contribution in [0.1, 0.15) is 20.3 Å². The molecule has 2 N–H and O–H groups in total. The molecule has 0 spiro atoms. The molecule has 0 saturated heterocycles. The van der Waals surface area contributed by atoms with E-state index in [1.165, 1.54) is 31.4 Å². The fraction of sp³-hybridized carbons (Fsp3) is 0.462. The third-order valence-electron chi connectivity index (χ3n) is 3.13. The number of aliphatic carboxylic acids is 1. The lowest BCUT2D eigenvalue weighted by atomic mass is 10.0. The number of carbonyl (C=O) groups is 1. The van der Waals surface area contributed by atoms with Crippen molar-refractivity contribution in [3.05, 3.63) is 24.3 Å². The van der Waals surface area contributed by atoms with Gasteiger partial charge in [-0.25, -0.2) is 8.42 Å². The zero-order chi connectivity index (χ0) is 15.3. The number of ether oxygens (including phenoxy) is 1. The van der Waals surface area contributed by atoms with Crippen LogP contribution in [0.3, 0.4) is 0 Å². The molecule has 0 saturated carbocycles. The summed E-state index contributed by atoms with van der Waals surface area (Å²) in [6, 6.07) is 4.61. The van der Waals surface area contributed by atoms with Crippen LogP contribution in [0.4, 0.5) is 0 Å². The first kappa shape index (κ1) is 16.5. The number of hydrogen-bond acceptors (Lipinski definition) is 4. The molecular weight excluding hydrogens is 282 g/mol. The molecule has 1 rings (SSSR count). The summed E-state index contributed by atoms with van der Waals surface area (Å²) in [5, 5.41) is 9.12. The summed E-state index contributed by atoms with van der Waals surface area (Å²) < 4.78 is 31.5. The second-order valence-electron chi connectivity index (χ2n) is 4.50. The Morgan fingerprint density at radius 2 is 1.90 bits per heavy atom. The Hall–Kier alpha value is -1.60. The van der Waals surface area contributed by atoms with Crippen molar-refractivity contribution in [3.63, 3.8) is 0 Å². The molecule has 0 radical (unpaired) electrons. The van der Waals surface area contributed by atoms with Gasteiger partial charge in [0.15, 0.2) is 0 Å². The summed E-state index contributed by atoms with van der Waals surface area (Å²) in [5.41, 5.74) is 0. The number of rotatable bonds is 7. The maximum absolute atomic E-state index is 12.2. The molecule has 112 valence electrons. The van der Waals surface area contributed by atoms with Gasteiger partial charge in [0, 0.05) is 0 Å². The third-order valence-corrected chi connectivity index (χ3v) is 4.59. The van der Waals surface area contributed by atoms with Crippen molar-refractivity contribution >= 4 is 16.0 Å². The number of hydrogen-bond donors (Lipinski definition) is 2. The van der Waals surface area contributed by atoms with Gasteiger partial charge < -0.3 is 9.84 Å². The average molecular weight is 301 g/mol. The average Bonchev–Trinajstić information content (AvgIpc) is 2.43. The molecular formula is C13H19NO5S. The number of carboxylic acids is 1. The van der Waals surface area contributed by atoms with Crippen molar-refractivity contribution in [2.45, 2.75) is 31.2 Å². The first-order chi connectivity index (χ1) is 9.31. The fourth-order valence-electron chi connectivity index (χ4n) is 1.64. The second kappa shape index (κ2) is 6.71. The van der Waals surface area contributed by atoms with Crippen LogP contribution in [0, 0.1) is 5.92 Å². The van der Waals surface area contributed by atoms with Gasteiger partial charge in [0.05, 0.1) is 12.0 Å². The maximum atomic E-state index is 12.2. The van der Waals surface area contributed by atoms with Gasteiger partial charge in [-0.15, -0.1) is 0 Å². The van der Waals surface area contributed by atoms with Gasteiger partial charge in [-0.05, 0) is 30.2 Å². The van der Waals surface area contributed by atoms with E-state index in [0.717, 1.165) is 0 Å². The number of sulfonamides is 1. The molecule has 0 aromatic heterocycles. The summed E-state index contributed by atoms with van der Waals surface area (Å²) in [6.45, 7) is 3.50. The molecule has 6 nitrogen and oxygen atoms in total. The van der Waals surface area contributed by atoms with Crippen LogP contribution in [0.25, 0.3) is 0 Å². The molecule has 0 amide bonds. The Morgan fingerprint density at radius 3 is 2.30 bits per heavy atom. The van der Waals surface area contributed by atoms with E-state index in [-0.39, 0.29) is 10.8 Å². The number of methoxy groups -OCH3 is 1. The van der Waals surface area contributed by atoms with Gasteiger partial charge in [-0.3, -0.25) is 4.79 Å². The van der Waals surface area contributed by atoms with Crippen molar-refractivity contribution < 1.29 is 23.1 Å². The van der Waals surface area contributed by atoms with Gasteiger partial charge in [0.1, 0.15) is 11.8 Å². The molecule has 1 unspecified atom stereocenters. The van der Waals surface area contributed by atoms with Gasteiger partial charge in [-0.2, -0.15) is 4.72 Å². The minimum Gasteiger partial charge on any atom is -0.497 e. The molecule has 1 aromatic rings. The van der Waals surface area contributed by atoms with Gasteiger partial charge in [-0.1, -0.05) is 20.3 Å². The van der Waals surface area contributed by atoms with E-state index < -0.39 is 22.0 Å². The summed E-state index contributed by atoms with van der Waals surface area (Å²) in [6.07, 6.45) is 0.558. The van der Waals surface area contributed by atoms with Crippen molar-refractivity contribution in [3.8, 4) is 5.75 Å². The molecule has 0 aliphatic heterocycles. The van der Waals surface area contributed by atoms with E-state index in [0.29, 0.717) is 12.2 Å². The lowest BCUT2D eigenvalue weighted by Crippen LogP contribution is -2.44. The molecule has 0 aliphatic carbocycles. The second-order valence-corrected chi connectivity index (χ2v) is 6.21. The van der Waals surface area contributed by atoms with E-state index in [1.54, 1.807) is 6.92 Å². The predicted molar refractivity (Wildman–Crippen MR) is 74.2 cm³/mol. The van der Waals surface area contributed by atoms with Crippen LogP contribution in [-0.4, -0.2) is 32.6 Å². The minimum absolute atomic E-state index is 0.00727. The molecule has 20 heavy (non-hydrogen) atoms. The monoisotopic (exact) mass is 301 g/mol. The van der Waals surface area contributed by atoms with Gasteiger partial charge in [0.25, 0.3) is 0 Å². The molecule has 0 heterocycles. The van der Waals surface area contributed by atoms with Crippen LogP contribution in [0.2, 0.25) is 0 Å². The number of benzene rings is 1. The van der Waals surface area contributed by atoms with Crippen molar-refractivity contribution in [1.29, 1.82) is 0 Å². The van der Waals surface area contributed by atoms with Crippen molar-refractivity contribution in [2.75, 3.05) is 7.11 Å². The first-order valence-corrected chi connectivity index (χ1v) is 7.69. The highest BCUT2D eigenvalue weighted by Crippen LogP contribution is 2.17. The maximum Gasteiger partial charge on any atom is 0.322 e. The zero-order valence-corrected chi connectivity index (χ0v) is 12.5. The predicted octanol–water partition coefficient (Wildman–Crippen LogP) is 1.47. The molecule has 0 bridgehead atoms. The Bertz CT molecular complexity index is 553. The van der Waals surface area contributed by atoms with E-state index in [1.807, 2.05) is 6.92 Å². The van der Waals surface area contributed by atoms with Crippen molar-refractivity contribution in [2.24, 2.45) is 5.92 Å². The Morgan fingerprint density at radius 1 is 1.35 bits per heavy atom. The van der Waals surface area contributed by atoms with Crippen molar-refractivity contribution in [1.82, 2.24) is 4.72 Å². The van der Waals surface area contributed by atoms with Crippen LogP contribution in [-0.2, 0) is 14.8 Å². The first-order valence-electron chi connectivity index (χ1n) is 6.21. The highest BCUT2D eigenvalue weighted by atomic mass is 32.2. The summed E-state index contributed by atoms with van der Waals surface area (Å²) in [5.74, 6) is -0.961. The highest BCUT2D eigenvalue weighted by molar-refractivity contribution is 7.89. The summed E-state index contributed by atoms with van der Waals surface area (Å²) >= 11 is 0. The Kier molecular flexibility index (Phi) is 5.52. The molecule has 0 fully saturated rings. The van der Waals surface area contributed by atoms with Gasteiger partial charge >= 0.3 is 5.97 Å². The molecule has 7 heteroatoms. The van der Waals surface area contributed by atoms with E-state index in [4.69, 9.17) is 9.84 Å². The highest BCUT2D eigenvalue weighted by Gasteiger charge is 2.29. The Labute approximate surface area is 118 Å². The molecule has 0 aliphatic rings. The standard InChI is InChI=1S/C13H19NO5S/c1-4-9(2)12(13(15)16)14-20(17,18)11-7-5-10(19-3)6-8-11/h5-9,12,14H,4H2,1-3H3,(H,15,16)/t9?,12-/m1/s1. The quantitative estimate of drug-likeness (QED) is 0.795. The SMILES string of the molecule is CCC(C)[C@@H](NS(=O)(=O)c1ccc(OC)cc1)C(=O)O. The number of nitrogens with one attached hydrogen (secondary N) is 1. The van der Waals surface area contributed by atoms with E-state index >= 15 is 0 Å². The van der Waals surface area contributed by atoms with Crippen LogP contribution in [0.15, 0.2) is 29.2 Å². The zero-order valence-electron chi connectivity index (χ0n) is 11.7. The van der Waals surface area contributed by atoms with Crippen LogP contribution in [0.5, 0.6) is 5.75 Å². The van der Waals surface area contributed by atoms with E-state index in [9.17, 15) is 13.2 Å². The number of carboxylic acid groups (broad SMARTS) is 1. The van der Waals surface area contributed by atoms with Crippen LogP contribution < -0.4 is 9.46 Å². The lowest BCUT2D eigenvalue weighted by molar-refractivity contribution is -0.140. The minimum atomic E-state index is -3.87. The summed E-state index contributed by atoms with van der Waals surface area (Å²) in [4.78, 5) is 11.2. The lowest BCUT2D eigenvalue weighted by Gasteiger charge is -2.20. The van der Waals surface area contributed by atoms with E-state index in [2.05, 4.69) is 4.72 Å². The molecule has 2 atom stereocenters. The fourth-order valence-corrected chi connectivity index (χ4v) is 2.93. The third kappa shape index (κ3) is 3.94. The van der Waals surface area contributed by atoms with Crippen LogP contribution >= 0.6 is 0 Å². The largest absolute Gasteiger partial charge is 0.497 e. The smallest absolute Gasteiger partial charge is 0.322 e. The molecule has 1 aromatic carbocycles. The normalized spacial score (nSPS) is 14.6. The topological polar surface area (TPSA) is 92.7 Å². The van der Waals surface area contributed by atoms with Gasteiger partial charge in [0.2, 0.25) is 10.0 Å². The summed E-state index contributed by atoms with van der Waals surface area (Å²) in [7, 11) is -2.39.